The maximum atomic E-state index is 10.7. The van der Waals surface area contributed by atoms with Crippen LogP contribution in [0.25, 0.3) is 0 Å². The average Bonchev–Trinajstić information content (AvgIpc) is 3.08. The van der Waals surface area contributed by atoms with Crippen molar-refractivity contribution in [3.8, 4) is 5.75 Å². The summed E-state index contributed by atoms with van der Waals surface area (Å²) in [4.78, 5) is 0. The van der Waals surface area contributed by atoms with E-state index in [1.807, 2.05) is 6.07 Å². The number of hydrogen-bond donors (Lipinski definition) is 4. The van der Waals surface area contributed by atoms with E-state index in [0.29, 0.717) is 22.8 Å². The third-order valence-electron chi connectivity index (χ3n) is 5.95. The van der Waals surface area contributed by atoms with Crippen LogP contribution in [0.4, 0.5) is 0 Å². The van der Waals surface area contributed by atoms with Gasteiger partial charge < -0.3 is 29.9 Å². The van der Waals surface area contributed by atoms with Crippen LogP contribution in [0.3, 0.4) is 0 Å². The zero-order valence-corrected chi connectivity index (χ0v) is 16.8. The predicted octanol–water partition coefficient (Wildman–Crippen LogP) is 1.55. The van der Waals surface area contributed by atoms with Gasteiger partial charge in [0.15, 0.2) is 5.60 Å². The molecule has 5 atom stereocenters. The van der Waals surface area contributed by atoms with Crippen LogP contribution in [0.5, 0.6) is 5.75 Å². The Bertz CT molecular complexity index is 884. The van der Waals surface area contributed by atoms with Crippen molar-refractivity contribution in [2.45, 2.75) is 49.8 Å². The Hall–Kier alpha value is -1.67. The molecule has 1 fully saturated rings. The lowest BCUT2D eigenvalue weighted by Gasteiger charge is -2.46. The number of fused-ring (bicyclic) bond motifs is 2. The second-order valence-corrected chi connectivity index (χ2v) is 8.14. The van der Waals surface area contributed by atoms with Crippen LogP contribution in [0.15, 0.2) is 36.4 Å². The van der Waals surface area contributed by atoms with Gasteiger partial charge in [0, 0.05) is 10.6 Å². The van der Waals surface area contributed by atoms with Crippen LogP contribution >= 0.6 is 11.6 Å². The first-order chi connectivity index (χ1) is 13.9. The number of aryl methyl sites for hydroxylation is 1. The molecule has 4 rings (SSSR count). The van der Waals surface area contributed by atoms with Crippen molar-refractivity contribution in [3.63, 3.8) is 0 Å². The van der Waals surface area contributed by atoms with E-state index in [1.165, 1.54) is 5.56 Å². The molecule has 4 N–H and O–H groups in total. The predicted molar refractivity (Wildman–Crippen MR) is 107 cm³/mol. The number of benzene rings is 2. The summed E-state index contributed by atoms with van der Waals surface area (Å²) in [6.07, 6.45) is -3.78. The van der Waals surface area contributed by atoms with Crippen molar-refractivity contribution in [1.29, 1.82) is 0 Å². The third-order valence-corrected chi connectivity index (χ3v) is 6.30. The molecule has 156 valence electrons. The smallest absolute Gasteiger partial charge is 0.159 e. The topological polar surface area (TPSA) is 99.4 Å². The fourth-order valence-electron chi connectivity index (χ4n) is 4.14. The van der Waals surface area contributed by atoms with Gasteiger partial charge in [0.05, 0.1) is 6.61 Å². The van der Waals surface area contributed by atoms with Gasteiger partial charge in [-0.1, -0.05) is 42.8 Å². The number of aliphatic hydroxyl groups is 4. The van der Waals surface area contributed by atoms with E-state index in [4.69, 9.17) is 21.1 Å². The first-order valence-corrected chi connectivity index (χ1v) is 10.1. The Labute approximate surface area is 174 Å². The minimum atomic E-state index is -1.48. The Morgan fingerprint density at radius 3 is 2.41 bits per heavy atom. The van der Waals surface area contributed by atoms with Crippen molar-refractivity contribution >= 4 is 11.6 Å². The summed E-state index contributed by atoms with van der Waals surface area (Å²) in [6, 6.07) is 11.8. The van der Waals surface area contributed by atoms with Crippen molar-refractivity contribution in [2.24, 2.45) is 0 Å². The van der Waals surface area contributed by atoms with Crippen molar-refractivity contribution in [1.82, 2.24) is 0 Å². The molecular formula is C22H25ClO6. The maximum Gasteiger partial charge on any atom is 0.159 e. The van der Waals surface area contributed by atoms with Gasteiger partial charge in [-0.15, -0.1) is 0 Å². The van der Waals surface area contributed by atoms with E-state index >= 15 is 0 Å². The van der Waals surface area contributed by atoms with Gasteiger partial charge in [0.25, 0.3) is 0 Å². The van der Waals surface area contributed by atoms with Crippen molar-refractivity contribution in [2.75, 3.05) is 13.2 Å². The van der Waals surface area contributed by atoms with Gasteiger partial charge in [0.1, 0.15) is 36.8 Å². The van der Waals surface area contributed by atoms with Crippen LogP contribution in [0.1, 0.15) is 29.2 Å². The van der Waals surface area contributed by atoms with Crippen LogP contribution in [-0.2, 0) is 23.2 Å². The molecule has 7 heteroatoms. The Morgan fingerprint density at radius 1 is 1.07 bits per heavy atom. The molecule has 2 aliphatic heterocycles. The standard InChI is InChI=1S/C22H25ClO6/c1-2-12-3-5-13(6-4-12)7-14-8-15-17(9-16(14)23)28-11-22(15)21(27)20(26)19(25)18(10-24)29-22/h3-6,8-9,18-21,24-27H,2,7,10-11H2,1H3/t18-,19-,20+,21-,22+/m1/s1. The zero-order valence-electron chi connectivity index (χ0n) is 16.1. The molecule has 0 unspecified atom stereocenters. The van der Waals surface area contributed by atoms with E-state index in [2.05, 4.69) is 31.2 Å². The largest absolute Gasteiger partial charge is 0.490 e. The molecule has 0 amide bonds. The van der Waals surface area contributed by atoms with Gasteiger partial charge in [0.2, 0.25) is 0 Å². The lowest BCUT2D eigenvalue weighted by molar-refractivity contribution is -0.280. The van der Waals surface area contributed by atoms with Gasteiger partial charge >= 0.3 is 0 Å². The molecule has 1 saturated heterocycles. The van der Waals surface area contributed by atoms with Crippen LogP contribution in [0, 0.1) is 0 Å². The highest BCUT2D eigenvalue weighted by molar-refractivity contribution is 6.31. The normalized spacial score (nSPS) is 31.0. The number of ether oxygens (including phenoxy) is 2. The number of hydrogen-bond acceptors (Lipinski definition) is 6. The molecule has 2 aliphatic rings. The molecule has 29 heavy (non-hydrogen) atoms. The van der Waals surface area contributed by atoms with E-state index in [0.717, 1.165) is 17.5 Å². The average molecular weight is 421 g/mol. The third kappa shape index (κ3) is 3.44. The number of aliphatic hydroxyl groups excluding tert-OH is 4. The van der Waals surface area contributed by atoms with Crippen LogP contribution < -0.4 is 4.74 Å². The van der Waals surface area contributed by atoms with E-state index < -0.39 is 36.6 Å². The van der Waals surface area contributed by atoms with Gasteiger partial charge in [-0.3, -0.25) is 0 Å². The highest BCUT2D eigenvalue weighted by Crippen LogP contribution is 2.48. The minimum absolute atomic E-state index is 0.0469. The SMILES string of the molecule is CCc1ccc(Cc2cc3c(cc2Cl)OC[C@]32O[C@H](CO)[C@@H](O)[C@H](O)[C@H]2O)cc1. The monoisotopic (exact) mass is 420 g/mol. The Balaban J connectivity index is 1.71. The van der Waals surface area contributed by atoms with E-state index in [-0.39, 0.29) is 6.61 Å². The first kappa shape index (κ1) is 20.6. The first-order valence-electron chi connectivity index (χ1n) is 9.76. The fraction of sp³-hybridized carbons (Fsp3) is 0.455. The molecule has 0 radical (unpaired) electrons. The summed E-state index contributed by atoms with van der Waals surface area (Å²) in [5.41, 5.74) is 2.34. The molecular weight excluding hydrogens is 396 g/mol. The summed E-state index contributed by atoms with van der Waals surface area (Å²) in [7, 11) is 0. The second-order valence-electron chi connectivity index (χ2n) is 7.73. The van der Waals surface area contributed by atoms with Gasteiger partial charge in [-0.25, -0.2) is 0 Å². The highest BCUT2D eigenvalue weighted by atomic mass is 35.5. The summed E-state index contributed by atoms with van der Waals surface area (Å²) in [5.74, 6) is 0.458. The Morgan fingerprint density at radius 2 is 1.76 bits per heavy atom. The zero-order chi connectivity index (χ0) is 20.8. The highest BCUT2D eigenvalue weighted by Gasteiger charge is 2.58. The summed E-state index contributed by atoms with van der Waals surface area (Å²) < 4.78 is 11.6. The summed E-state index contributed by atoms with van der Waals surface area (Å²) in [5, 5.41) is 41.2. The Kier molecular flexibility index (Phi) is 5.59. The second kappa shape index (κ2) is 7.87. The lowest BCUT2D eigenvalue weighted by Crippen LogP contribution is -2.64. The maximum absolute atomic E-state index is 10.7. The van der Waals surface area contributed by atoms with Crippen LogP contribution in [0.2, 0.25) is 5.02 Å². The summed E-state index contributed by atoms with van der Waals surface area (Å²) in [6.45, 7) is 1.56. The quantitative estimate of drug-likeness (QED) is 0.599. The molecule has 2 aromatic rings. The van der Waals surface area contributed by atoms with E-state index in [1.54, 1.807) is 6.07 Å². The molecule has 0 saturated carbocycles. The molecule has 0 aliphatic carbocycles. The molecule has 2 heterocycles. The van der Waals surface area contributed by atoms with Gasteiger partial charge in [-0.2, -0.15) is 0 Å². The lowest BCUT2D eigenvalue weighted by atomic mass is 9.80. The molecule has 0 aromatic heterocycles. The fourth-order valence-corrected chi connectivity index (χ4v) is 4.36. The van der Waals surface area contributed by atoms with E-state index in [9.17, 15) is 20.4 Å². The molecule has 0 bridgehead atoms. The number of halogens is 1. The molecule has 1 spiro atoms. The summed E-state index contributed by atoms with van der Waals surface area (Å²) >= 11 is 6.48. The van der Waals surface area contributed by atoms with Crippen molar-refractivity contribution in [3.05, 3.63) is 63.7 Å². The number of rotatable bonds is 4. The minimum Gasteiger partial charge on any atom is -0.490 e. The molecule has 2 aromatic carbocycles. The van der Waals surface area contributed by atoms with Crippen LogP contribution in [-0.4, -0.2) is 58.1 Å². The van der Waals surface area contributed by atoms with Gasteiger partial charge in [-0.05, 0) is 41.7 Å². The van der Waals surface area contributed by atoms with Crippen molar-refractivity contribution < 1.29 is 29.9 Å². The molecule has 6 nitrogen and oxygen atoms in total.